The third kappa shape index (κ3) is 3.98. The molecule has 0 bridgehead atoms. The number of aromatic nitrogens is 1. The van der Waals surface area contributed by atoms with Gasteiger partial charge in [0.05, 0.1) is 0 Å². The standard InChI is InChI=1S/C16H29N5S/c1-13(2)20-7-9-21(10-8-20)14-3-5-19(6-4-14)12-15-11-18-16(17)22-15/h11,13-14H,3-10,12H2,1-2H3,(H2,17,18). The number of likely N-dealkylation sites (tertiary alicyclic amines) is 1. The average Bonchev–Trinajstić information content (AvgIpc) is 2.93. The molecule has 2 aliphatic rings. The van der Waals surface area contributed by atoms with E-state index in [-0.39, 0.29) is 0 Å². The molecule has 0 spiro atoms. The molecular weight excluding hydrogens is 294 g/mol. The van der Waals surface area contributed by atoms with E-state index in [1.807, 2.05) is 6.20 Å². The van der Waals surface area contributed by atoms with Crippen molar-refractivity contribution in [3.63, 3.8) is 0 Å². The number of nitrogens with zero attached hydrogens (tertiary/aromatic N) is 4. The minimum atomic E-state index is 0.688. The van der Waals surface area contributed by atoms with Gasteiger partial charge in [-0.05, 0) is 26.7 Å². The normalized spacial score (nSPS) is 23.4. The fraction of sp³-hybridized carbons (Fsp3) is 0.812. The fourth-order valence-electron chi connectivity index (χ4n) is 3.68. The summed E-state index contributed by atoms with van der Waals surface area (Å²) < 4.78 is 0. The Bertz CT molecular complexity index is 459. The lowest BCUT2D eigenvalue weighted by Gasteiger charge is -2.43. The van der Waals surface area contributed by atoms with Crippen molar-refractivity contribution in [2.75, 3.05) is 45.0 Å². The third-order valence-corrected chi connectivity index (χ3v) is 5.91. The second-order valence-electron chi connectivity index (χ2n) is 6.84. The van der Waals surface area contributed by atoms with Crippen LogP contribution in [0, 0.1) is 0 Å². The average molecular weight is 324 g/mol. The molecule has 0 amide bonds. The van der Waals surface area contributed by atoms with Gasteiger partial charge in [0, 0.05) is 69.0 Å². The van der Waals surface area contributed by atoms with Crippen LogP contribution in [0.3, 0.4) is 0 Å². The molecule has 0 radical (unpaired) electrons. The van der Waals surface area contributed by atoms with Gasteiger partial charge in [-0.25, -0.2) is 4.98 Å². The molecule has 0 unspecified atom stereocenters. The lowest BCUT2D eigenvalue weighted by molar-refractivity contribution is 0.0473. The zero-order valence-corrected chi connectivity index (χ0v) is 14.7. The molecule has 2 N–H and O–H groups in total. The Labute approximate surface area is 138 Å². The monoisotopic (exact) mass is 323 g/mol. The van der Waals surface area contributed by atoms with Gasteiger partial charge in [0.1, 0.15) is 0 Å². The van der Waals surface area contributed by atoms with E-state index in [0.717, 1.165) is 12.6 Å². The highest BCUT2D eigenvalue weighted by Gasteiger charge is 2.28. The first-order valence-corrected chi connectivity index (χ1v) is 9.34. The molecule has 0 saturated carbocycles. The minimum absolute atomic E-state index is 0.688. The quantitative estimate of drug-likeness (QED) is 0.914. The van der Waals surface area contributed by atoms with Crippen LogP contribution in [0.2, 0.25) is 0 Å². The summed E-state index contributed by atoms with van der Waals surface area (Å²) in [6.45, 7) is 13.0. The third-order valence-electron chi connectivity index (χ3n) is 5.10. The van der Waals surface area contributed by atoms with Gasteiger partial charge in [0.25, 0.3) is 0 Å². The van der Waals surface area contributed by atoms with Crippen molar-refractivity contribution in [2.24, 2.45) is 0 Å². The number of hydrogen-bond donors (Lipinski definition) is 1. The number of nitrogen functional groups attached to an aromatic ring is 1. The number of anilines is 1. The molecular formula is C16H29N5S. The maximum absolute atomic E-state index is 5.71. The molecule has 5 nitrogen and oxygen atoms in total. The summed E-state index contributed by atoms with van der Waals surface area (Å²) in [6, 6.07) is 1.48. The van der Waals surface area contributed by atoms with Crippen molar-refractivity contribution in [1.29, 1.82) is 0 Å². The Morgan fingerprint density at radius 2 is 1.86 bits per heavy atom. The van der Waals surface area contributed by atoms with Gasteiger partial charge in [-0.1, -0.05) is 0 Å². The largest absolute Gasteiger partial charge is 0.375 e. The molecule has 0 aromatic carbocycles. The highest BCUT2D eigenvalue weighted by molar-refractivity contribution is 7.15. The molecule has 3 heterocycles. The molecule has 6 heteroatoms. The van der Waals surface area contributed by atoms with Gasteiger partial charge in [-0.15, -0.1) is 11.3 Å². The second-order valence-corrected chi connectivity index (χ2v) is 7.98. The number of nitrogens with two attached hydrogens (primary N) is 1. The fourth-order valence-corrected chi connectivity index (χ4v) is 4.40. The first kappa shape index (κ1) is 16.2. The minimum Gasteiger partial charge on any atom is -0.375 e. The van der Waals surface area contributed by atoms with Crippen molar-refractivity contribution in [3.8, 4) is 0 Å². The van der Waals surface area contributed by atoms with Crippen molar-refractivity contribution < 1.29 is 0 Å². The van der Waals surface area contributed by atoms with Crippen molar-refractivity contribution in [1.82, 2.24) is 19.7 Å². The summed E-state index contributed by atoms with van der Waals surface area (Å²) in [7, 11) is 0. The number of thiazole rings is 1. The summed E-state index contributed by atoms with van der Waals surface area (Å²) in [4.78, 5) is 13.3. The van der Waals surface area contributed by atoms with E-state index >= 15 is 0 Å². The zero-order valence-electron chi connectivity index (χ0n) is 13.9. The predicted octanol–water partition coefficient (Wildman–Crippen LogP) is 1.72. The second kappa shape index (κ2) is 7.25. The van der Waals surface area contributed by atoms with Crippen LogP contribution < -0.4 is 5.73 Å². The van der Waals surface area contributed by atoms with Crippen LogP contribution in [0.4, 0.5) is 5.13 Å². The van der Waals surface area contributed by atoms with Crippen LogP contribution in [-0.2, 0) is 6.54 Å². The van der Waals surface area contributed by atoms with E-state index in [0.29, 0.717) is 11.2 Å². The number of rotatable bonds is 4. The first-order valence-electron chi connectivity index (χ1n) is 8.52. The van der Waals surface area contributed by atoms with Crippen LogP contribution in [-0.4, -0.2) is 71.0 Å². The molecule has 1 aromatic heterocycles. The van der Waals surface area contributed by atoms with Crippen LogP contribution in [0.1, 0.15) is 31.6 Å². The molecule has 3 rings (SSSR count). The number of piperazine rings is 1. The zero-order chi connectivity index (χ0) is 15.5. The molecule has 22 heavy (non-hydrogen) atoms. The van der Waals surface area contributed by atoms with E-state index in [2.05, 4.69) is 33.5 Å². The van der Waals surface area contributed by atoms with E-state index in [1.54, 1.807) is 11.3 Å². The van der Waals surface area contributed by atoms with Gasteiger partial charge < -0.3 is 5.73 Å². The smallest absolute Gasteiger partial charge is 0.180 e. The number of piperidine rings is 1. The lowest BCUT2D eigenvalue weighted by Crippen LogP contribution is -2.54. The van der Waals surface area contributed by atoms with Crippen LogP contribution >= 0.6 is 11.3 Å². The summed E-state index contributed by atoms with van der Waals surface area (Å²) in [5, 5.41) is 0.688. The van der Waals surface area contributed by atoms with E-state index in [9.17, 15) is 0 Å². The molecule has 1 aromatic rings. The van der Waals surface area contributed by atoms with Crippen LogP contribution in [0.15, 0.2) is 6.20 Å². The van der Waals surface area contributed by atoms with Crippen molar-refractivity contribution in [2.45, 2.75) is 45.3 Å². The molecule has 2 saturated heterocycles. The van der Waals surface area contributed by atoms with Gasteiger partial charge in [0.2, 0.25) is 0 Å². The summed E-state index contributed by atoms with van der Waals surface area (Å²) in [5.74, 6) is 0. The van der Waals surface area contributed by atoms with E-state index < -0.39 is 0 Å². The van der Waals surface area contributed by atoms with Crippen molar-refractivity contribution in [3.05, 3.63) is 11.1 Å². The maximum Gasteiger partial charge on any atom is 0.180 e. The topological polar surface area (TPSA) is 48.6 Å². The SMILES string of the molecule is CC(C)N1CCN(C2CCN(Cc3cnc(N)s3)CC2)CC1. The number of hydrogen-bond acceptors (Lipinski definition) is 6. The van der Waals surface area contributed by atoms with Gasteiger partial charge in [0.15, 0.2) is 5.13 Å². The van der Waals surface area contributed by atoms with Gasteiger partial charge in [-0.3, -0.25) is 14.7 Å². The Balaban J connectivity index is 1.42. The Hall–Kier alpha value is -0.690. The van der Waals surface area contributed by atoms with Gasteiger partial charge in [-0.2, -0.15) is 0 Å². The van der Waals surface area contributed by atoms with Crippen molar-refractivity contribution >= 4 is 16.5 Å². The Morgan fingerprint density at radius 1 is 1.18 bits per heavy atom. The van der Waals surface area contributed by atoms with E-state index in [4.69, 9.17) is 5.73 Å². The van der Waals surface area contributed by atoms with Crippen LogP contribution in [0.25, 0.3) is 0 Å². The van der Waals surface area contributed by atoms with Gasteiger partial charge >= 0.3 is 0 Å². The summed E-state index contributed by atoms with van der Waals surface area (Å²) in [5.41, 5.74) is 5.71. The highest BCUT2D eigenvalue weighted by Crippen LogP contribution is 2.22. The maximum atomic E-state index is 5.71. The van der Waals surface area contributed by atoms with Crippen LogP contribution in [0.5, 0.6) is 0 Å². The summed E-state index contributed by atoms with van der Waals surface area (Å²) >= 11 is 1.62. The molecule has 2 aliphatic heterocycles. The predicted molar refractivity (Wildman–Crippen MR) is 93.1 cm³/mol. The summed E-state index contributed by atoms with van der Waals surface area (Å²) in [6.07, 6.45) is 4.53. The Kier molecular flexibility index (Phi) is 5.33. The first-order chi connectivity index (χ1) is 10.6. The lowest BCUT2D eigenvalue weighted by atomic mass is 10.0. The molecule has 2 fully saturated rings. The highest BCUT2D eigenvalue weighted by atomic mass is 32.1. The molecule has 124 valence electrons. The molecule has 0 atom stereocenters. The Morgan fingerprint density at radius 3 is 2.41 bits per heavy atom. The molecule has 0 aliphatic carbocycles. The van der Waals surface area contributed by atoms with E-state index in [1.165, 1.54) is 57.0 Å².